The van der Waals surface area contributed by atoms with Crippen LogP contribution in [0.4, 0.5) is 4.39 Å². The van der Waals surface area contributed by atoms with Crippen LogP contribution in [0.5, 0.6) is 0 Å². The molecule has 2 N–H and O–H groups in total. The van der Waals surface area contributed by atoms with Gasteiger partial charge in [0.1, 0.15) is 6.07 Å². The predicted molar refractivity (Wildman–Crippen MR) is 89.2 cm³/mol. The van der Waals surface area contributed by atoms with Gasteiger partial charge in [-0.2, -0.15) is 5.26 Å². The average Bonchev–Trinajstić information content (AvgIpc) is 2.59. The molecule has 0 spiro atoms. The lowest BCUT2D eigenvalue weighted by Crippen LogP contribution is -2.68. The maximum Gasteiger partial charge on any atom is 0.172 e. The molecule has 0 radical (unpaired) electrons. The Hall–Kier alpha value is -2.29. The number of nitrogens with zero attached hydrogens (tertiary/aromatic N) is 2. The smallest absolute Gasteiger partial charge is 0.172 e. The zero-order valence-corrected chi connectivity index (χ0v) is 13.8. The minimum absolute atomic E-state index is 0.0478. The number of pyridine rings is 1. The Bertz CT molecular complexity index is 778. The molecule has 0 aliphatic carbocycles. The first-order valence-electron chi connectivity index (χ1n) is 7.99. The van der Waals surface area contributed by atoms with E-state index in [9.17, 15) is 5.11 Å². The number of hydrogen-bond donors (Lipinski definition) is 2. The third kappa shape index (κ3) is 2.48. The lowest BCUT2D eigenvalue weighted by Gasteiger charge is -2.48. The van der Waals surface area contributed by atoms with E-state index < -0.39 is 11.3 Å². The van der Waals surface area contributed by atoms with Gasteiger partial charge in [0.2, 0.25) is 0 Å². The van der Waals surface area contributed by atoms with Gasteiger partial charge in [0, 0.05) is 31.0 Å². The number of nitriles is 1. The van der Waals surface area contributed by atoms with Crippen LogP contribution in [-0.2, 0) is 5.60 Å². The molecular formula is C19H20FN3O. The summed E-state index contributed by atoms with van der Waals surface area (Å²) in [6, 6.07) is 10.8. The summed E-state index contributed by atoms with van der Waals surface area (Å²) in [7, 11) is 0. The Kier molecular flexibility index (Phi) is 4.12. The molecule has 1 saturated heterocycles. The van der Waals surface area contributed by atoms with Crippen LogP contribution < -0.4 is 5.32 Å². The highest BCUT2D eigenvalue weighted by Crippen LogP contribution is 2.44. The molecular weight excluding hydrogens is 305 g/mol. The van der Waals surface area contributed by atoms with Crippen LogP contribution >= 0.6 is 0 Å². The van der Waals surface area contributed by atoms with Gasteiger partial charge >= 0.3 is 0 Å². The van der Waals surface area contributed by atoms with Gasteiger partial charge in [0.15, 0.2) is 11.3 Å². The molecule has 0 amide bonds. The lowest BCUT2D eigenvalue weighted by atomic mass is 9.71. The SMILES string of the molecule is CC(C)c1ccc([C@](O)(c2cncc(C#N)c2)C2(F)CNC2)cc1. The van der Waals surface area contributed by atoms with Crippen molar-refractivity contribution >= 4 is 0 Å². The van der Waals surface area contributed by atoms with Crippen molar-refractivity contribution < 1.29 is 9.50 Å². The van der Waals surface area contributed by atoms with Gasteiger partial charge in [-0.05, 0) is 23.1 Å². The van der Waals surface area contributed by atoms with Crippen molar-refractivity contribution in [2.75, 3.05) is 13.1 Å². The minimum atomic E-state index is -1.85. The molecule has 1 aliphatic heterocycles. The molecule has 1 atom stereocenters. The Morgan fingerprint density at radius 3 is 2.42 bits per heavy atom. The van der Waals surface area contributed by atoms with Gasteiger partial charge in [-0.15, -0.1) is 0 Å². The molecule has 0 unspecified atom stereocenters. The molecule has 1 aromatic carbocycles. The van der Waals surface area contributed by atoms with Gasteiger partial charge in [-0.3, -0.25) is 4.98 Å². The number of rotatable bonds is 4. The Balaban J connectivity index is 2.14. The molecule has 0 bridgehead atoms. The molecule has 2 heterocycles. The molecule has 124 valence electrons. The molecule has 2 aromatic rings. The number of aliphatic hydroxyl groups is 1. The molecule has 5 heteroatoms. The summed E-state index contributed by atoms with van der Waals surface area (Å²) in [6.45, 7) is 4.25. The van der Waals surface area contributed by atoms with Crippen molar-refractivity contribution in [1.29, 1.82) is 5.26 Å². The van der Waals surface area contributed by atoms with E-state index in [1.54, 1.807) is 12.1 Å². The Morgan fingerprint density at radius 1 is 1.25 bits per heavy atom. The fourth-order valence-electron chi connectivity index (χ4n) is 3.09. The lowest BCUT2D eigenvalue weighted by molar-refractivity contribution is -0.108. The topological polar surface area (TPSA) is 68.9 Å². The number of halogens is 1. The van der Waals surface area contributed by atoms with Crippen molar-refractivity contribution in [3.8, 4) is 6.07 Å². The average molecular weight is 325 g/mol. The predicted octanol–water partition coefficient (Wildman–Crippen LogP) is 2.62. The summed E-state index contributed by atoms with van der Waals surface area (Å²) in [6.07, 6.45) is 2.83. The van der Waals surface area contributed by atoms with Crippen LogP contribution in [-0.4, -0.2) is 28.8 Å². The highest BCUT2D eigenvalue weighted by atomic mass is 19.1. The third-order valence-electron chi connectivity index (χ3n) is 4.74. The summed E-state index contributed by atoms with van der Waals surface area (Å²) >= 11 is 0. The van der Waals surface area contributed by atoms with Gasteiger partial charge in [0.05, 0.1) is 5.56 Å². The molecule has 24 heavy (non-hydrogen) atoms. The Morgan fingerprint density at radius 2 is 1.92 bits per heavy atom. The zero-order valence-electron chi connectivity index (χ0n) is 13.8. The summed E-state index contributed by atoms with van der Waals surface area (Å²) < 4.78 is 15.4. The highest BCUT2D eigenvalue weighted by Gasteiger charge is 2.57. The van der Waals surface area contributed by atoms with Crippen LogP contribution in [0.15, 0.2) is 42.7 Å². The highest BCUT2D eigenvalue weighted by molar-refractivity contribution is 5.44. The van der Waals surface area contributed by atoms with E-state index in [-0.39, 0.29) is 13.1 Å². The van der Waals surface area contributed by atoms with Crippen molar-refractivity contribution in [3.05, 3.63) is 65.0 Å². The van der Waals surface area contributed by atoms with Crippen molar-refractivity contribution in [1.82, 2.24) is 10.3 Å². The van der Waals surface area contributed by atoms with E-state index in [0.29, 0.717) is 22.6 Å². The Labute approximate surface area is 141 Å². The standard InChI is InChI=1S/C19H20FN3O/c1-13(2)15-3-5-16(6-4-15)19(24,18(20)11-23-12-18)17-7-14(8-21)9-22-10-17/h3-7,9-10,13,23-24H,11-12H2,1-2H3/t19-/m0/s1. The summed E-state index contributed by atoms with van der Waals surface area (Å²) in [5.74, 6) is 0.348. The monoisotopic (exact) mass is 325 g/mol. The van der Waals surface area contributed by atoms with Crippen LogP contribution in [0.2, 0.25) is 0 Å². The molecule has 0 saturated carbocycles. The van der Waals surface area contributed by atoms with Crippen molar-refractivity contribution in [3.63, 3.8) is 0 Å². The molecule has 3 rings (SSSR count). The number of hydrogen-bond acceptors (Lipinski definition) is 4. The van der Waals surface area contributed by atoms with Crippen molar-refractivity contribution in [2.45, 2.75) is 31.0 Å². The fraction of sp³-hybridized carbons (Fsp3) is 0.368. The van der Waals surface area contributed by atoms with Gasteiger partial charge in [0.25, 0.3) is 0 Å². The number of aromatic nitrogens is 1. The van der Waals surface area contributed by atoms with Crippen molar-refractivity contribution in [2.24, 2.45) is 0 Å². The van der Waals surface area contributed by atoms with Crippen LogP contribution in [0.25, 0.3) is 0 Å². The second-order valence-corrected chi connectivity index (χ2v) is 6.63. The van der Waals surface area contributed by atoms with E-state index >= 15 is 4.39 Å². The molecule has 1 aromatic heterocycles. The van der Waals surface area contributed by atoms with E-state index in [4.69, 9.17) is 5.26 Å². The molecule has 4 nitrogen and oxygen atoms in total. The van der Waals surface area contributed by atoms with Crippen LogP contribution in [0.1, 0.15) is 42.0 Å². The first-order chi connectivity index (χ1) is 11.4. The fourth-order valence-corrected chi connectivity index (χ4v) is 3.09. The first kappa shape index (κ1) is 16.6. The third-order valence-corrected chi connectivity index (χ3v) is 4.74. The van der Waals surface area contributed by atoms with Crippen LogP contribution in [0, 0.1) is 11.3 Å². The molecule has 1 fully saturated rings. The van der Waals surface area contributed by atoms with E-state index in [0.717, 1.165) is 5.56 Å². The maximum absolute atomic E-state index is 15.4. The van der Waals surface area contributed by atoms with Gasteiger partial charge in [-0.25, -0.2) is 4.39 Å². The van der Waals surface area contributed by atoms with E-state index in [2.05, 4.69) is 24.1 Å². The minimum Gasteiger partial charge on any atom is -0.377 e. The largest absolute Gasteiger partial charge is 0.377 e. The van der Waals surface area contributed by atoms with E-state index in [1.165, 1.54) is 18.5 Å². The second-order valence-electron chi connectivity index (χ2n) is 6.63. The summed E-state index contributed by atoms with van der Waals surface area (Å²) in [4.78, 5) is 4.00. The molecule has 1 aliphatic rings. The number of benzene rings is 1. The van der Waals surface area contributed by atoms with Crippen LogP contribution in [0.3, 0.4) is 0 Å². The zero-order chi connectivity index (χ0) is 17.4. The first-order valence-corrected chi connectivity index (χ1v) is 7.99. The maximum atomic E-state index is 15.4. The number of nitrogens with one attached hydrogen (secondary N) is 1. The normalized spacial score (nSPS) is 18.5. The van der Waals surface area contributed by atoms with Gasteiger partial charge in [-0.1, -0.05) is 38.1 Å². The second kappa shape index (κ2) is 5.97. The summed E-state index contributed by atoms with van der Waals surface area (Å²) in [5, 5.41) is 23.4. The van der Waals surface area contributed by atoms with E-state index in [1.807, 2.05) is 18.2 Å². The number of alkyl halides is 1. The quantitative estimate of drug-likeness (QED) is 0.907. The van der Waals surface area contributed by atoms with Gasteiger partial charge < -0.3 is 10.4 Å². The summed E-state index contributed by atoms with van der Waals surface area (Å²) in [5.41, 5.74) is -1.53.